The summed E-state index contributed by atoms with van der Waals surface area (Å²) in [6.45, 7) is 7.69. The van der Waals surface area contributed by atoms with Crippen LogP contribution in [0.1, 0.15) is 26.5 Å². The van der Waals surface area contributed by atoms with Crippen molar-refractivity contribution in [3.8, 4) is 16.8 Å². The van der Waals surface area contributed by atoms with E-state index in [0.717, 1.165) is 4.88 Å². The van der Waals surface area contributed by atoms with E-state index in [2.05, 4.69) is 11.1 Å². The first kappa shape index (κ1) is 17.3. The second-order valence-electron chi connectivity index (χ2n) is 6.72. The summed E-state index contributed by atoms with van der Waals surface area (Å²) in [5, 5.41) is 11.3. The van der Waals surface area contributed by atoms with Crippen molar-refractivity contribution in [1.82, 2.24) is 9.88 Å². The van der Waals surface area contributed by atoms with E-state index in [1.54, 1.807) is 4.90 Å². The number of carbonyl (C=O) groups excluding carboxylic acids is 1. The van der Waals surface area contributed by atoms with E-state index in [4.69, 9.17) is 9.15 Å². The van der Waals surface area contributed by atoms with Gasteiger partial charge in [0.2, 0.25) is 17.5 Å². The third-order valence-corrected chi connectivity index (χ3v) is 4.52. The molecule has 3 rings (SSSR count). The fraction of sp³-hybridized carbons (Fsp3) is 0.471. The highest BCUT2D eigenvalue weighted by Gasteiger charge is 2.29. The standard InChI is InChI=1S/C17H20N4O3S/c1-17(2,3)24-16(22)21-8-6-20(7-9-21)15-12(11-18)19-14(23-15)13-5-4-10-25-13/h4-5,10H,6-9H2,1-3H3. The van der Waals surface area contributed by atoms with Crippen LogP contribution in [-0.4, -0.2) is 47.8 Å². The van der Waals surface area contributed by atoms with E-state index in [0.29, 0.717) is 38.0 Å². The number of amides is 1. The number of hydrogen-bond donors (Lipinski definition) is 0. The Morgan fingerprint density at radius 3 is 2.64 bits per heavy atom. The minimum Gasteiger partial charge on any atom is -0.444 e. The minimum absolute atomic E-state index is 0.272. The van der Waals surface area contributed by atoms with Crippen LogP contribution < -0.4 is 4.90 Å². The Morgan fingerprint density at radius 1 is 1.36 bits per heavy atom. The number of thiophene rings is 1. The van der Waals surface area contributed by atoms with Crippen LogP contribution in [0.3, 0.4) is 0 Å². The predicted octanol–water partition coefficient (Wildman–Crippen LogP) is 3.33. The smallest absolute Gasteiger partial charge is 0.410 e. The van der Waals surface area contributed by atoms with Crippen molar-refractivity contribution < 1.29 is 13.9 Å². The lowest BCUT2D eigenvalue weighted by Crippen LogP contribution is -2.50. The molecule has 0 bridgehead atoms. The Kier molecular flexibility index (Phi) is 4.68. The van der Waals surface area contributed by atoms with E-state index in [1.807, 2.05) is 43.2 Å². The van der Waals surface area contributed by atoms with Gasteiger partial charge in [0.15, 0.2) is 0 Å². The summed E-state index contributed by atoms with van der Waals surface area (Å²) in [6, 6.07) is 5.91. The van der Waals surface area contributed by atoms with Crippen molar-refractivity contribution in [2.45, 2.75) is 26.4 Å². The van der Waals surface area contributed by atoms with Gasteiger partial charge in [0, 0.05) is 26.2 Å². The Bertz CT molecular complexity index is 778. The summed E-state index contributed by atoms with van der Waals surface area (Å²) in [7, 11) is 0. The molecule has 3 heterocycles. The highest BCUT2D eigenvalue weighted by molar-refractivity contribution is 7.13. The van der Waals surface area contributed by atoms with E-state index in [-0.39, 0.29) is 11.8 Å². The Labute approximate surface area is 150 Å². The SMILES string of the molecule is CC(C)(C)OC(=O)N1CCN(c2oc(-c3cccs3)nc2C#N)CC1. The molecule has 25 heavy (non-hydrogen) atoms. The average molecular weight is 360 g/mol. The fourth-order valence-corrected chi connectivity index (χ4v) is 3.17. The molecule has 0 aromatic carbocycles. The third kappa shape index (κ3) is 3.94. The van der Waals surface area contributed by atoms with Crippen LogP contribution in [0.15, 0.2) is 21.9 Å². The number of aromatic nitrogens is 1. The second-order valence-corrected chi connectivity index (χ2v) is 7.66. The van der Waals surface area contributed by atoms with Gasteiger partial charge in [-0.1, -0.05) is 6.07 Å². The average Bonchev–Trinajstić information content (AvgIpc) is 3.22. The Balaban J connectivity index is 1.69. The van der Waals surface area contributed by atoms with Crippen molar-refractivity contribution in [3.05, 3.63) is 23.2 Å². The van der Waals surface area contributed by atoms with E-state index in [9.17, 15) is 10.1 Å². The summed E-state index contributed by atoms with van der Waals surface area (Å²) in [4.78, 5) is 20.9. The van der Waals surface area contributed by atoms with Gasteiger partial charge in [-0.05, 0) is 32.2 Å². The van der Waals surface area contributed by atoms with Gasteiger partial charge in [-0.3, -0.25) is 0 Å². The van der Waals surface area contributed by atoms with Crippen molar-refractivity contribution >= 4 is 23.3 Å². The first-order chi connectivity index (χ1) is 11.9. The zero-order valence-electron chi connectivity index (χ0n) is 14.5. The number of carbonyl (C=O) groups is 1. The molecule has 0 spiro atoms. The Morgan fingerprint density at radius 2 is 2.08 bits per heavy atom. The molecule has 0 radical (unpaired) electrons. The number of nitriles is 1. The maximum absolute atomic E-state index is 12.1. The van der Waals surface area contributed by atoms with Gasteiger partial charge in [-0.2, -0.15) is 10.2 Å². The molecule has 1 saturated heterocycles. The van der Waals surface area contributed by atoms with Gasteiger partial charge in [0.25, 0.3) is 0 Å². The van der Waals surface area contributed by atoms with Gasteiger partial charge < -0.3 is 19.0 Å². The summed E-state index contributed by atoms with van der Waals surface area (Å²) in [5.74, 6) is 0.922. The maximum Gasteiger partial charge on any atom is 0.410 e. The third-order valence-electron chi connectivity index (χ3n) is 3.67. The van der Waals surface area contributed by atoms with E-state index >= 15 is 0 Å². The first-order valence-corrected chi connectivity index (χ1v) is 8.93. The van der Waals surface area contributed by atoms with Gasteiger partial charge >= 0.3 is 6.09 Å². The summed E-state index contributed by atoms with van der Waals surface area (Å²) >= 11 is 1.51. The second kappa shape index (κ2) is 6.76. The summed E-state index contributed by atoms with van der Waals surface area (Å²) in [5.41, 5.74) is -0.239. The van der Waals surface area contributed by atoms with Crippen LogP contribution in [0.25, 0.3) is 10.8 Å². The number of nitrogens with zero attached hydrogens (tertiary/aromatic N) is 4. The molecule has 0 aliphatic carbocycles. The largest absolute Gasteiger partial charge is 0.444 e. The molecule has 7 nitrogen and oxygen atoms in total. The molecular formula is C17H20N4O3S. The lowest BCUT2D eigenvalue weighted by Gasteiger charge is -2.35. The van der Waals surface area contributed by atoms with Crippen LogP contribution >= 0.6 is 11.3 Å². The van der Waals surface area contributed by atoms with E-state index < -0.39 is 5.60 Å². The molecule has 0 unspecified atom stereocenters. The van der Waals surface area contributed by atoms with Gasteiger partial charge in [-0.15, -0.1) is 11.3 Å². The molecule has 1 amide bonds. The van der Waals surface area contributed by atoms with Crippen molar-refractivity contribution in [2.24, 2.45) is 0 Å². The van der Waals surface area contributed by atoms with Crippen LogP contribution in [0.2, 0.25) is 0 Å². The lowest BCUT2D eigenvalue weighted by atomic mass is 10.2. The Hall–Kier alpha value is -2.53. The van der Waals surface area contributed by atoms with Crippen LogP contribution in [0.4, 0.5) is 10.7 Å². The van der Waals surface area contributed by atoms with Crippen LogP contribution in [-0.2, 0) is 4.74 Å². The van der Waals surface area contributed by atoms with Crippen LogP contribution in [0.5, 0.6) is 0 Å². The zero-order chi connectivity index (χ0) is 18.0. The molecule has 0 atom stereocenters. The maximum atomic E-state index is 12.1. The number of piperazine rings is 1. The number of anilines is 1. The predicted molar refractivity (Wildman–Crippen MR) is 94.6 cm³/mol. The molecule has 1 aliphatic rings. The highest BCUT2D eigenvalue weighted by atomic mass is 32.1. The molecule has 0 N–H and O–H groups in total. The first-order valence-electron chi connectivity index (χ1n) is 8.05. The normalized spacial score (nSPS) is 15.1. The topological polar surface area (TPSA) is 82.6 Å². The minimum atomic E-state index is -0.511. The number of ether oxygens (including phenoxy) is 1. The van der Waals surface area contributed by atoms with Crippen molar-refractivity contribution in [1.29, 1.82) is 5.26 Å². The zero-order valence-corrected chi connectivity index (χ0v) is 15.3. The lowest BCUT2D eigenvalue weighted by molar-refractivity contribution is 0.0239. The summed E-state index contributed by atoms with van der Waals surface area (Å²) in [6.07, 6.45) is -0.315. The van der Waals surface area contributed by atoms with E-state index in [1.165, 1.54) is 11.3 Å². The molecule has 1 fully saturated rings. The molecule has 1 aliphatic heterocycles. The van der Waals surface area contributed by atoms with Crippen LogP contribution in [0, 0.1) is 11.3 Å². The van der Waals surface area contributed by atoms with Crippen molar-refractivity contribution in [2.75, 3.05) is 31.1 Å². The van der Waals surface area contributed by atoms with Gasteiger partial charge in [-0.25, -0.2) is 4.79 Å². The number of hydrogen-bond acceptors (Lipinski definition) is 7. The van der Waals surface area contributed by atoms with Crippen molar-refractivity contribution in [3.63, 3.8) is 0 Å². The number of oxazole rings is 1. The van der Waals surface area contributed by atoms with Gasteiger partial charge in [0.05, 0.1) is 4.88 Å². The fourth-order valence-electron chi connectivity index (χ4n) is 2.52. The molecule has 2 aromatic heterocycles. The van der Waals surface area contributed by atoms with Gasteiger partial charge in [0.1, 0.15) is 11.7 Å². The monoisotopic (exact) mass is 360 g/mol. The summed E-state index contributed by atoms with van der Waals surface area (Å²) < 4.78 is 11.2. The molecule has 8 heteroatoms. The highest BCUT2D eigenvalue weighted by Crippen LogP contribution is 2.31. The molecular weight excluding hydrogens is 340 g/mol. The molecule has 0 saturated carbocycles. The number of rotatable bonds is 2. The molecule has 2 aromatic rings. The quantitative estimate of drug-likeness (QED) is 0.817. The molecule has 132 valence electrons.